The van der Waals surface area contributed by atoms with Crippen molar-refractivity contribution in [3.05, 3.63) is 28.2 Å². The number of H-pyrrole nitrogens is 1. The predicted octanol–water partition coefficient (Wildman–Crippen LogP) is -0.745. The monoisotopic (exact) mass is 198 g/mol. The van der Waals surface area contributed by atoms with Gasteiger partial charge in [-0.25, -0.2) is 9.18 Å². The molecule has 0 aromatic carbocycles. The molecule has 7 nitrogen and oxygen atoms in total. The van der Waals surface area contributed by atoms with Crippen LogP contribution in [-0.2, 0) is 0 Å². The van der Waals surface area contributed by atoms with Gasteiger partial charge >= 0.3 is 5.97 Å². The van der Waals surface area contributed by atoms with Gasteiger partial charge in [-0.1, -0.05) is 0 Å². The molecule has 0 saturated carbocycles. The zero-order chi connectivity index (χ0) is 10.3. The summed E-state index contributed by atoms with van der Waals surface area (Å²) in [5.41, 5.74) is -2.11. The number of carboxylic acid groups (broad SMARTS) is 1. The van der Waals surface area contributed by atoms with Crippen molar-refractivity contribution in [2.45, 2.75) is 0 Å². The molecule has 8 heteroatoms. The fourth-order valence-corrected chi connectivity index (χ4v) is 1.01. The number of aromatic nitrogens is 4. The molecule has 0 aliphatic rings. The van der Waals surface area contributed by atoms with E-state index >= 15 is 0 Å². The molecule has 2 aromatic heterocycles. The minimum Gasteiger partial charge on any atom is -0.476 e. The van der Waals surface area contributed by atoms with E-state index in [1.807, 2.05) is 0 Å². The van der Waals surface area contributed by atoms with Crippen molar-refractivity contribution >= 4 is 11.5 Å². The second-order valence-corrected chi connectivity index (χ2v) is 2.42. The molecule has 0 spiro atoms. The molecule has 0 aliphatic carbocycles. The van der Waals surface area contributed by atoms with E-state index in [4.69, 9.17) is 5.11 Å². The first kappa shape index (κ1) is 8.35. The molecule has 2 N–H and O–H groups in total. The maximum atomic E-state index is 13.2. The highest BCUT2D eigenvalue weighted by Crippen LogP contribution is 2.07. The van der Waals surface area contributed by atoms with E-state index in [-0.39, 0.29) is 0 Å². The van der Waals surface area contributed by atoms with Gasteiger partial charge in [0.15, 0.2) is 11.3 Å². The van der Waals surface area contributed by atoms with Crippen LogP contribution in [0.1, 0.15) is 10.5 Å². The number of aromatic amines is 1. The Bertz CT molecular complexity index is 572. The third-order valence-electron chi connectivity index (χ3n) is 1.59. The number of nitrogens with one attached hydrogen (secondary N) is 1. The molecule has 0 amide bonds. The van der Waals surface area contributed by atoms with E-state index in [2.05, 4.69) is 15.2 Å². The molecule has 0 radical (unpaired) electrons. The zero-order valence-corrected chi connectivity index (χ0v) is 6.56. The Kier molecular flexibility index (Phi) is 1.56. The Morgan fingerprint density at radius 1 is 1.64 bits per heavy atom. The van der Waals surface area contributed by atoms with Crippen LogP contribution in [0.3, 0.4) is 0 Å². The molecule has 0 bridgehead atoms. The quantitative estimate of drug-likeness (QED) is 0.628. The Morgan fingerprint density at radius 3 is 2.93 bits per heavy atom. The van der Waals surface area contributed by atoms with Crippen molar-refractivity contribution in [1.82, 2.24) is 19.8 Å². The maximum absolute atomic E-state index is 13.2. The summed E-state index contributed by atoms with van der Waals surface area (Å²) in [5.74, 6) is -2.74. The van der Waals surface area contributed by atoms with Gasteiger partial charge in [0.1, 0.15) is 6.33 Å². The molecule has 0 fully saturated rings. The normalized spacial score (nSPS) is 10.6. The van der Waals surface area contributed by atoms with E-state index in [1.54, 1.807) is 0 Å². The molecule has 72 valence electrons. The van der Waals surface area contributed by atoms with Crippen LogP contribution >= 0.6 is 0 Å². The molecule has 14 heavy (non-hydrogen) atoms. The first-order valence-electron chi connectivity index (χ1n) is 3.46. The number of carbonyl (C=O) groups is 1. The van der Waals surface area contributed by atoms with Crippen molar-refractivity contribution in [2.24, 2.45) is 0 Å². The van der Waals surface area contributed by atoms with Crippen molar-refractivity contribution in [2.75, 3.05) is 0 Å². The third-order valence-corrected chi connectivity index (χ3v) is 1.59. The SMILES string of the molecule is O=C(O)c1nn2nc[nH]c(=O)c2c1F. The summed E-state index contributed by atoms with van der Waals surface area (Å²) in [6.45, 7) is 0. The smallest absolute Gasteiger partial charge is 0.359 e. The number of carboxylic acids is 1. The molecule has 2 rings (SSSR count). The van der Waals surface area contributed by atoms with Gasteiger partial charge in [-0.05, 0) is 0 Å². The van der Waals surface area contributed by atoms with E-state index in [0.29, 0.717) is 4.63 Å². The van der Waals surface area contributed by atoms with Crippen LogP contribution in [0.15, 0.2) is 11.1 Å². The van der Waals surface area contributed by atoms with E-state index in [1.165, 1.54) is 0 Å². The highest BCUT2D eigenvalue weighted by Gasteiger charge is 2.21. The van der Waals surface area contributed by atoms with Gasteiger partial charge in [-0.15, -0.1) is 14.8 Å². The van der Waals surface area contributed by atoms with Crippen LogP contribution in [0, 0.1) is 5.82 Å². The number of nitrogens with zero attached hydrogens (tertiary/aromatic N) is 3. The molecule has 0 saturated heterocycles. The van der Waals surface area contributed by atoms with Crippen molar-refractivity contribution in [1.29, 1.82) is 0 Å². The number of rotatable bonds is 1. The summed E-state index contributed by atoms with van der Waals surface area (Å²) < 4.78 is 13.9. The lowest BCUT2D eigenvalue weighted by molar-refractivity contribution is 0.0685. The molecular formula is C6H3FN4O3. The first-order valence-corrected chi connectivity index (χ1v) is 3.46. The minimum absolute atomic E-state index is 0.509. The van der Waals surface area contributed by atoms with Gasteiger partial charge in [0, 0.05) is 0 Å². The van der Waals surface area contributed by atoms with Crippen LogP contribution < -0.4 is 5.56 Å². The summed E-state index contributed by atoms with van der Waals surface area (Å²) in [6, 6.07) is 0. The van der Waals surface area contributed by atoms with Crippen LogP contribution in [0.2, 0.25) is 0 Å². The van der Waals surface area contributed by atoms with E-state index in [0.717, 1.165) is 6.33 Å². The lowest BCUT2D eigenvalue weighted by atomic mass is 10.4. The Labute approximate surface area is 74.8 Å². The topological polar surface area (TPSA) is 100 Å². The third kappa shape index (κ3) is 0.969. The highest BCUT2D eigenvalue weighted by molar-refractivity contribution is 5.87. The van der Waals surface area contributed by atoms with Crippen LogP contribution in [0.25, 0.3) is 5.52 Å². The van der Waals surface area contributed by atoms with Crippen LogP contribution in [0.5, 0.6) is 0 Å². The molecule has 2 heterocycles. The summed E-state index contributed by atoms with van der Waals surface area (Å²) in [5, 5.41) is 15.2. The van der Waals surface area contributed by atoms with Crippen LogP contribution in [-0.4, -0.2) is 30.9 Å². The number of aromatic carboxylic acids is 1. The molecule has 0 aliphatic heterocycles. The van der Waals surface area contributed by atoms with Crippen LogP contribution in [0.4, 0.5) is 4.39 Å². The Balaban J connectivity index is 2.94. The lowest BCUT2D eigenvalue weighted by Crippen LogP contribution is -2.11. The second-order valence-electron chi connectivity index (χ2n) is 2.42. The van der Waals surface area contributed by atoms with E-state index < -0.39 is 28.6 Å². The van der Waals surface area contributed by atoms with Gasteiger partial charge in [0.2, 0.25) is 5.69 Å². The number of hydrogen-bond acceptors (Lipinski definition) is 4. The number of fused-ring (bicyclic) bond motifs is 1. The average molecular weight is 198 g/mol. The Hall–Kier alpha value is -2.25. The fourth-order valence-electron chi connectivity index (χ4n) is 1.01. The second kappa shape index (κ2) is 2.62. The van der Waals surface area contributed by atoms with Crippen molar-refractivity contribution in [3.8, 4) is 0 Å². The fraction of sp³-hybridized carbons (Fsp3) is 0. The molecule has 2 aromatic rings. The Morgan fingerprint density at radius 2 is 2.36 bits per heavy atom. The first-order chi connectivity index (χ1) is 6.61. The molecule has 0 atom stereocenters. The molecule has 0 unspecified atom stereocenters. The van der Waals surface area contributed by atoms with Crippen molar-refractivity contribution in [3.63, 3.8) is 0 Å². The van der Waals surface area contributed by atoms with E-state index in [9.17, 15) is 14.0 Å². The maximum Gasteiger partial charge on any atom is 0.359 e. The van der Waals surface area contributed by atoms with Gasteiger partial charge in [-0.2, -0.15) is 0 Å². The summed E-state index contributed by atoms with van der Waals surface area (Å²) in [7, 11) is 0. The summed E-state index contributed by atoms with van der Waals surface area (Å²) in [4.78, 5) is 23.6. The zero-order valence-electron chi connectivity index (χ0n) is 6.56. The van der Waals surface area contributed by atoms with Gasteiger partial charge < -0.3 is 10.1 Å². The summed E-state index contributed by atoms with van der Waals surface area (Å²) in [6.07, 6.45) is 0.993. The standard InChI is InChI=1S/C6H3FN4O3/c7-2-3(6(13)14)10-11-4(2)5(12)8-1-9-11/h1H,(H,13,14)(H,8,9,12). The largest absolute Gasteiger partial charge is 0.476 e. The lowest BCUT2D eigenvalue weighted by Gasteiger charge is -1.86. The molecular weight excluding hydrogens is 195 g/mol. The van der Waals surface area contributed by atoms with Gasteiger partial charge in [0.05, 0.1) is 0 Å². The average Bonchev–Trinajstić information content (AvgIpc) is 2.45. The summed E-state index contributed by atoms with van der Waals surface area (Å²) >= 11 is 0. The highest BCUT2D eigenvalue weighted by atomic mass is 19.1. The van der Waals surface area contributed by atoms with Gasteiger partial charge in [-0.3, -0.25) is 4.79 Å². The number of halogens is 1. The van der Waals surface area contributed by atoms with Crippen molar-refractivity contribution < 1.29 is 14.3 Å². The van der Waals surface area contributed by atoms with Gasteiger partial charge in [0.25, 0.3) is 5.56 Å². The predicted molar refractivity (Wildman–Crippen MR) is 40.5 cm³/mol. The number of hydrogen-bond donors (Lipinski definition) is 2. The minimum atomic E-state index is -1.55.